The summed E-state index contributed by atoms with van der Waals surface area (Å²) in [6, 6.07) is 7.30. The van der Waals surface area contributed by atoms with Gasteiger partial charge in [0.05, 0.1) is 11.6 Å². The van der Waals surface area contributed by atoms with Crippen LogP contribution >= 0.6 is 0 Å². The van der Waals surface area contributed by atoms with Gasteiger partial charge in [-0.25, -0.2) is 9.97 Å². The van der Waals surface area contributed by atoms with E-state index in [9.17, 15) is 4.79 Å². The van der Waals surface area contributed by atoms with Crippen molar-refractivity contribution in [3.05, 3.63) is 48.3 Å². The number of hydrogen-bond donors (Lipinski definition) is 0. The molecule has 2 aromatic heterocycles. The van der Waals surface area contributed by atoms with E-state index < -0.39 is 0 Å². The van der Waals surface area contributed by atoms with E-state index in [4.69, 9.17) is 0 Å². The molecule has 1 aliphatic rings. The van der Waals surface area contributed by atoms with Crippen molar-refractivity contribution in [2.75, 3.05) is 6.54 Å². The lowest BCUT2D eigenvalue weighted by Crippen LogP contribution is -2.58. The summed E-state index contributed by atoms with van der Waals surface area (Å²) < 4.78 is 1.95. The number of benzene rings is 1. The predicted octanol–water partition coefficient (Wildman–Crippen LogP) is 1.98. The standard InChI is InChI=1S/C17H18N6O/c1-17(2)10-23(13(17)15-18-8-9-22(15)3)16(24)14-19-11-6-4-5-7-12(11)20-21-14/h4-9,13H,10H2,1-3H3. The third-order valence-electron chi connectivity index (χ3n) is 4.55. The highest BCUT2D eigenvalue weighted by Crippen LogP contribution is 2.47. The van der Waals surface area contributed by atoms with Gasteiger partial charge in [-0.05, 0) is 12.1 Å². The lowest BCUT2D eigenvalue weighted by atomic mass is 9.74. The molecule has 7 heteroatoms. The molecule has 0 saturated carbocycles. The van der Waals surface area contributed by atoms with Crippen molar-refractivity contribution in [1.82, 2.24) is 29.6 Å². The number of nitrogens with zero attached hydrogens (tertiary/aromatic N) is 6. The molecule has 4 rings (SSSR count). The number of amides is 1. The van der Waals surface area contributed by atoms with Gasteiger partial charge in [-0.15, -0.1) is 10.2 Å². The summed E-state index contributed by atoms with van der Waals surface area (Å²) in [6.07, 6.45) is 3.64. The number of likely N-dealkylation sites (tertiary alicyclic amines) is 1. The third-order valence-corrected chi connectivity index (χ3v) is 4.55. The largest absolute Gasteiger partial charge is 0.336 e. The molecule has 3 aromatic rings. The van der Waals surface area contributed by atoms with E-state index in [1.54, 1.807) is 11.1 Å². The van der Waals surface area contributed by atoms with E-state index in [0.29, 0.717) is 17.6 Å². The van der Waals surface area contributed by atoms with E-state index in [0.717, 1.165) is 5.82 Å². The highest BCUT2D eigenvalue weighted by atomic mass is 16.2. The molecule has 7 nitrogen and oxygen atoms in total. The molecule has 1 unspecified atom stereocenters. The van der Waals surface area contributed by atoms with Crippen molar-refractivity contribution in [3.8, 4) is 0 Å². The fraction of sp³-hybridized carbons (Fsp3) is 0.353. The van der Waals surface area contributed by atoms with Crippen LogP contribution in [0.5, 0.6) is 0 Å². The number of fused-ring (bicyclic) bond motifs is 1. The number of hydrogen-bond acceptors (Lipinski definition) is 5. The minimum atomic E-state index is -0.208. The summed E-state index contributed by atoms with van der Waals surface area (Å²) >= 11 is 0. The lowest BCUT2D eigenvalue weighted by molar-refractivity contribution is -0.0383. The summed E-state index contributed by atoms with van der Waals surface area (Å²) in [6.45, 7) is 4.91. The number of aromatic nitrogens is 5. The van der Waals surface area contributed by atoms with Crippen LogP contribution < -0.4 is 0 Å². The van der Waals surface area contributed by atoms with Crippen molar-refractivity contribution < 1.29 is 4.79 Å². The van der Waals surface area contributed by atoms with Crippen LogP contribution in [0.4, 0.5) is 0 Å². The number of carbonyl (C=O) groups excluding carboxylic acids is 1. The number of imidazole rings is 1. The van der Waals surface area contributed by atoms with E-state index in [1.165, 1.54) is 0 Å². The van der Waals surface area contributed by atoms with Crippen LogP contribution in [-0.2, 0) is 7.05 Å². The third kappa shape index (κ3) is 2.16. The van der Waals surface area contributed by atoms with Crippen molar-refractivity contribution in [2.45, 2.75) is 19.9 Å². The van der Waals surface area contributed by atoms with Crippen LogP contribution in [0.15, 0.2) is 36.7 Å². The van der Waals surface area contributed by atoms with Crippen LogP contribution in [-0.4, -0.2) is 42.1 Å². The quantitative estimate of drug-likeness (QED) is 0.721. The molecule has 0 N–H and O–H groups in total. The average Bonchev–Trinajstić information content (AvgIpc) is 2.97. The molecule has 1 fully saturated rings. The van der Waals surface area contributed by atoms with Crippen molar-refractivity contribution in [1.29, 1.82) is 0 Å². The first-order valence-corrected chi connectivity index (χ1v) is 7.85. The van der Waals surface area contributed by atoms with Crippen LogP contribution in [0.3, 0.4) is 0 Å². The van der Waals surface area contributed by atoms with E-state index >= 15 is 0 Å². The van der Waals surface area contributed by atoms with Gasteiger partial charge in [0.15, 0.2) is 0 Å². The molecule has 0 bridgehead atoms. The Hall–Kier alpha value is -2.83. The van der Waals surface area contributed by atoms with Gasteiger partial charge < -0.3 is 9.47 Å². The molecule has 122 valence electrons. The van der Waals surface area contributed by atoms with Crippen LogP contribution in [0.2, 0.25) is 0 Å². The number of rotatable bonds is 2. The highest BCUT2D eigenvalue weighted by molar-refractivity contribution is 5.92. The summed E-state index contributed by atoms with van der Waals surface area (Å²) in [5, 5.41) is 8.12. The smallest absolute Gasteiger partial charge is 0.294 e. The second-order valence-corrected chi connectivity index (χ2v) is 6.84. The molecule has 0 aliphatic carbocycles. The first kappa shape index (κ1) is 14.7. The Bertz CT molecular complexity index is 931. The van der Waals surface area contributed by atoms with Gasteiger partial charge in [0.1, 0.15) is 11.3 Å². The molecule has 1 saturated heterocycles. The van der Waals surface area contributed by atoms with Crippen LogP contribution in [0.25, 0.3) is 11.0 Å². The Balaban J connectivity index is 1.69. The fourth-order valence-electron chi connectivity index (χ4n) is 3.34. The van der Waals surface area contributed by atoms with E-state index in [2.05, 4.69) is 34.0 Å². The normalized spacial score (nSPS) is 19.3. The summed E-state index contributed by atoms with van der Waals surface area (Å²) in [5.74, 6) is 0.789. The maximum atomic E-state index is 12.9. The minimum Gasteiger partial charge on any atom is -0.336 e. The molecule has 1 atom stereocenters. The second-order valence-electron chi connectivity index (χ2n) is 6.84. The molecular weight excluding hydrogens is 304 g/mol. The maximum absolute atomic E-state index is 12.9. The Labute approximate surface area is 139 Å². The predicted molar refractivity (Wildman–Crippen MR) is 88.1 cm³/mol. The van der Waals surface area contributed by atoms with Crippen molar-refractivity contribution >= 4 is 16.9 Å². The Morgan fingerprint density at radius 1 is 1.21 bits per heavy atom. The monoisotopic (exact) mass is 322 g/mol. The van der Waals surface area contributed by atoms with E-state index in [1.807, 2.05) is 42.1 Å². The highest BCUT2D eigenvalue weighted by Gasteiger charge is 2.51. The molecule has 1 amide bonds. The van der Waals surface area contributed by atoms with Gasteiger partial charge >= 0.3 is 0 Å². The Kier molecular flexibility index (Phi) is 3.13. The van der Waals surface area contributed by atoms with Gasteiger partial charge in [-0.2, -0.15) is 0 Å². The molecular formula is C17H18N6O. The second kappa shape index (κ2) is 5.09. The van der Waals surface area contributed by atoms with Gasteiger partial charge in [-0.1, -0.05) is 26.0 Å². The molecule has 1 aromatic carbocycles. The topological polar surface area (TPSA) is 76.8 Å². The summed E-state index contributed by atoms with van der Waals surface area (Å²) in [4.78, 5) is 23.5. The fourth-order valence-corrected chi connectivity index (χ4v) is 3.34. The van der Waals surface area contributed by atoms with Gasteiger partial charge in [-0.3, -0.25) is 4.79 Å². The van der Waals surface area contributed by atoms with Crippen LogP contribution in [0, 0.1) is 5.41 Å². The first-order valence-electron chi connectivity index (χ1n) is 7.85. The van der Waals surface area contributed by atoms with Crippen LogP contribution in [0.1, 0.15) is 36.3 Å². The molecule has 0 radical (unpaired) electrons. The molecule has 1 aliphatic heterocycles. The van der Waals surface area contributed by atoms with Crippen molar-refractivity contribution in [2.24, 2.45) is 12.5 Å². The minimum absolute atomic E-state index is 0.0426. The number of aryl methyl sites for hydroxylation is 1. The Morgan fingerprint density at radius 3 is 2.62 bits per heavy atom. The summed E-state index contributed by atoms with van der Waals surface area (Å²) in [7, 11) is 1.94. The molecule has 0 spiro atoms. The van der Waals surface area contributed by atoms with Crippen molar-refractivity contribution in [3.63, 3.8) is 0 Å². The zero-order valence-corrected chi connectivity index (χ0v) is 13.8. The van der Waals surface area contributed by atoms with Gasteiger partial charge in [0.25, 0.3) is 5.91 Å². The molecule has 24 heavy (non-hydrogen) atoms. The average molecular weight is 322 g/mol. The van der Waals surface area contributed by atoms with Gasteiger partial charge in [0.2, 0.25) is 5.82 Å². The lowest BCUT2D eigenvalue weighted by Gasteiger charge is -2.53. The van der Waals surface area contributed by atoms with E-state index in [-0.39, 0.29) is 23.2 Å². The number of carbonyl (C=O) groups is 1. The SMILES string of the molecule is Cn1ccnc1C1N(C(=O)c2nnc3ccccc3n2)CC1(C)C. The summed E-state index contributed by atoms with van der Waals surface area (Å²) in [5.41, 5.74) is 1.31. The van der Waals surface area contributed by atoms with Gasteiger partial charge in [0, 0.05) is 31.4 Å². The Morgan fingerprint density at radius 2 is 1.96 bits per heavy atom. The zero-order valence-electron chi connectivity index (χ0n) is 13.8. The first-order chi connectivity index (χ1) is 11.5. The zero-order chi connectivity index (χ0) is 16.9. The molecule has 3 heterocycles. The number of para-hydroxylation sites is 1. The maximum Gasteiger partial charge on any atom is 0.294 e.